The smallest absolute Gasteiger partial charge is 0.229 e. The number of aliphatic hydroxyl groups is 4. The molecule has 1 aromatic carbocycles. The van der Waals surface area contributed by atoms with Crippen molar-refractivity contribution < 1.29 is 34.6 Å². The van der Waals surface area contributed by atoms with Gasteiger partial charge in [-0.05, 0) is 43.2 Å². The van der Waals surface area contributed by atoms with Crippen molar-refractivity contribution >= 4 is 0 Å². The molecule has 2 aliphatic heterocycles. The quantitative estimate of drug-likeness (QED) is 0.485. The van der Waals surface area contributed by atoms with Crippen LogP contribution in [0, 0.1) is 6.92 Å². The second kappa shape index (κ2) is 9.97. The Bertz CT molecular complexity index is 962. The maximum absolute atomic E-state index is 10.5. The lowest BCUT2D eigenvalue weighted by Crippen LogP contribution is -2.60. The molecule has 34 heavy (non-hydrogen) atoms. The van der Waals surface area contributed by atoms with Crippen LogP contribution in [0.15, 0.2) is 30.5 Å². The SMILES string of the molecule is Cc1c(Cc2ccc(C3CCC3)cc2)c(O[C@@H]2O[C@H](CO)[C@@H](O)[C@H](O)[C@H]2O)cn1C1CCOC1. The van der Waals surface area contributed by atoms with Crippen LogP contribution >= 0.6 is 0 Å². The van der Waals surface area contributed by atoms with E-state index in [-0.39, 0.29) is 6.04 Å². The molecule has 0 amide bonds. The number of nitrogens with zero attached hydrogens (tertiary/aromatic N) is 1. The minimum absolute atomic E-state index is 0.201. The first kappa shape index (κ1) is 23.8. The van der Waals surface area contributed by atoms with E-state index in [0.29, 0.717) is 31.3 Å². The highest BCUT2D eigenvalue weighted by atomic mass is 16.7. The minimum Gasteiger partial charge on any atom is -0.460 e. The summed E-state index contributed by atoms with van der Waals surface area (Å²) in [6.07, 6.45) is 0.712. The van der Waals surface area contributed by atoms with Crippen molar-refractivity contribution in [2.24, 2.45) is 0 Å². The third kappa shape index (κ3) is 4.51. The van der Waals surface area contributed by atoms with Gasteiger partial charge in [-0.25, -0.2) is 0 Å². The summed E-state index contributed by atoms with van der Waals surface area (Å²) in [5.74, 6) is 1.24. The van der Waals surface area contributed by atoms with Crippen LogP contribution in [0.25, 0.3) is 0 Å². The molecule has 6 atom stereocenters. The Morgan fingerprint density at radius 2 is 1.79 bits per heavy atom. The predicted molar refractivity (Wildman–Crippen MR) is 124 cm³/mol. The Labute approximate surface area is 199 Å². The van der Waals surface area contributed by atoms with Gasteiger partial charge in [-0.15, -0.1) is 0 Å². The molecule has 186 valence electrons. The van der Waals surface area contributed by atoms with Gasteiger partial charge in [0, 0.05) is 30.5 Å². The molecule has 3 aliphatic rings. The summed E-state index contributed by atoms with van der Waals surface area (Å²) >= 11 is 0. The number of aromatic nitrogens is 1. The Morgan fingerprint density at radius 3 is 2.41 bits per heavy atom. The molecule has 5 rings (SSSR count). The summed E-state index contributed by atoms with van der Waals surface area (Å²) in [6, 6.07) is 8.97. The van der Waals surface area contributed by atoms with Crippen molar-refractivity contribution in [3.05, 3.63) is 52.8 Å². The molecule has 1 unspecified atom stereocenters. The molecule has 4 N–H and O–H groups in total. The van der Waals surface area contributed by atoms with Crippen LogP contribution in [0.5, 0.6) is 5.75 Å². The summed E-state index contributed by atoms with van der Waals surface area (Å²) in [5.41, 5.74) is 4.58. The number of hydrogen-bond donors (Lipinski definition) is 4. The highest BCUT2D eigenvalue weighted by Crippen LogP contribution is 2.37. The first-order valence-corrected chi connectivity index (χ1v) is 12.3. The van der Waals surface area contributed by atoms with E-state index in [2.05, 4.69) is 35.8 Å². The molecular weight excluding hydrogens is 438 g/mol. The molecular formula is C26H35NO7. The van der Waals surface area contributed by atoms with Crippen molar-refractivity contribution in [1.29, 1.82) is 0 Å². The van der Waals surface area contributed by atoms with Crippen molar-refractivity contribution in [2.75, 3.05) is 19.8 Å². The predicted octanol–water partition coefficient (Wildman–Crippen LogP) is 1.79. The maximum atomic E-state index is 10.5. The summed E-state index contributed by atoms with van der Waals surface area (Å²) in [7, 11) is 0. The van der Waals surface area contributed by atoms with Gasteiger partial charge < -0.3 is 39.2 Å². The topological polar surface area (TPSA) is 114 Å². The van der Waals surface area contributed by atoms with Gasteiger partial charge in [-0.3, -0.25) is 0 Å². The Morgan fingerprint density at radius 1 is 1.03 bits per heavy atom. The van der Waals surface area contributed by atoms with Crippen molar-refractivity contribution in [2.45, 2.75) is 81.7 Å². The highest BCUT2D eigenvalue weighted by Gasteiger charge is 2.45. The van der Waals surface area contributed by atoms with Crippen LogP contribution in [0.1, 0.15) is 60.0 Å². The highest BCUT2D eigenvalue weighted by molar-refractivity contribution is 5.42. The molecule has 8 heteroatoms. The van der Waals surface area contributed by atoms with Crippen molar-refractivity contribution in [1.82, 2.24) is 4.57 Å². The summed E-state index contributed by atoms with van der Waals surface area (Å²) in [4.78, 5) is 0. The van der Waals surface area contributed by atoms with Gasteiger partial charge in [0.1, 0.15) is 30.2 Å². The van der Waals surface area contributed by atoms with Gasteiger partial charge >= 0.3 is 0 Å². The van der Waals surface area contributed by atoms with E-state index in [0.717, 1.165) is 23.2 Å². The average Bonchev–Trinajstić information content (AvgIpc) is 3.43. The molecule has 1 saturated carbocycles. The van der Waals surface area contributed by atoms with Crippen LogP contribution in [0.2, 0.25) is 0 Å². The van der Waals surface area contributed by atoms with E-state index in [1.807, 2.05) is 6.20 Å². The van der Waals surface area contributed by atoms with E-state index in [9.17, 15) is 20.4 Å². The van der Waals surface area contributed by atoms with E-state index in [1.165, 1.54) is 24.8 Å². The van der Waals surface area contributed by atoms with E-state index in [1.54, 1.807) is 0 Å². The first-order chi connectivity index (χ1) is 16.5. The number of hydrogen-bond acceptors (Lipinski definition) is 7. The Kier molecular flexibility index (Phi) is 6.97. The van der Waals surface area contributed by atoms with Crippen LogP contribution in [0.4, 0.5) is 0 Å². The lowest BCUT2D eigenvalue weighted by molar-refractivity contribution is -0.277. The summed E-state index contributed by atoms with van der Waals surface area (Å²) in [5, 5.41) is 40.3. The number of benzene rings is 1. The zero-order chi connectivity index (χ0) is 23.8. The maximum Gasteiger partial charge on any atom is 0.229 e. The monoisotopic (exact) mass is 473 g/mol. The van der Waals surface area contributed by atoms with Crippen molar-refractivity contribution in [3.63, 3.8) is 0 Å². The van der Waals surface area contributed by atoms with E-state index in [4.69, 9.17) is 14.2 Å². The largest absolute Gasteiger partial charge is 0.460 e. The van der Waals surface area contributed by atoms with Crippen LogP contribution in [0.3, 0.4) is 0 Å². The van der Waals surface area contributed by atoms with Gasteiger partial charge in [0.15, 0.2) is 0 Å². The summed E-state index contributed by atoms with van der Waals surface area (Å²) in [6.45, 7) is 2.90. The van der Waals surface area contributed by atoms with Gasteiger partial charge in [-0.2, -0.15) is 0 Å². The molecule has 2 aromatic rings. The fourth-order valence-electron chi connectivity index (χ4n) is 5.22. The fraction of sp³-hybridized carbons (Fsp3) is 0.615. The minimum atomic E-state index is -1.48. The third-order valence-corrected chi connectivity index (χ3v) is 7.71. The van der Waals surface area contributed by atoms with E-state index >= 15 is 0 Å². The molecule has 1 aromatic heterocycles. The zero-order valence-electron chi connectivity index (χ0n) is 19.5. The number of aliphatic hydroxyl groups excluding tert-OH is 4. The molecule has 2 saturated heterocycles. The molecule has 0 radical (unpaired) electrons. The molecule has 0 bridgehead atoms. The number of rotatable bonds is 7. The lowest BCUT2D eigenvalue weighted by atomic mass is 9.80. The molecule has 3 heterocycles. The fourth-order valence-corrected chi connectivity index (χ4v) is 5.22. The van der Waals surface area contributed by atoms with E-state index < -0.39 is 37.3 Å². The third-order valence-electron chi connectivity index (χ3n) is 7.71. The van der Waals surface area contributed by atoms with Gasteiger partial charge in [0.05, 0.1) is 19.3 Å². The second-order valence-electron chi connectivity index (χ2n) is 9.84. The van der Waals surface area contributed by atoms with Gasteiger partial charge in [-0.1, -0.05) is 30.7 Å². The Balaban J connectivity index is 1.41. The summed E-state index contributed by atoms with van der Waals surface area (Å²) < 4.78 is 19.5. The standard InChI is InChI=1S/C26H35NO7/c1-15-20(11-16-5-7-18(8-6-16)17-3-2-4-17)21(12-27(15)19-9-10-32-14-19)33-26-25(31)24(30)23(29)22(13-28)34-26/h5-8,12,17,19,22-26,28-31H,2-4,9-11,13-14H2,1H3/t19?,22-,23-,24+,25-,26-/m1/s1. The van der Waals surface area contributed by atoms with Crippen molar-refractivity contribution in [3.8, 4) is 5.75 Å². The Hall–Kier alpha value is -1.94. The molecule has 3 fully saturated rings. The van der Waals surface area contributed by atoms with Crippen LogP contribution in [-0.4, -0.2) is 75.5 Å². The zero-order valence-corrected chi connectivity index (χ0v) is 19.5. The molecule has 8 nitrogen and oxygen atoms in total. The molecule has 0 spiro atoms. The average molecular weight is 474 g/mol. The second-order valence-corrected chi connectivity index (χ2v) is 9.84. The van der Waals surface area contributed by atoms with Crippen LogP contribution < -0.4 is 4.74 Å². The van der Waals surface area contributed by atoms with Gasteiger partial charge in [0.25, 0.3) is 0 Å². The van der Waals surface area contributed by atoms with Crippen LogP contribution in [-0.2, 0) is 15.9 Å². The lowest BCUT2D eigenvalue weighted by Gasteiger charge is -2.39. The normalized spacial score (nSPS) is 32.0. The first-order valence-electron chi connectivity index (χ1n) is 12.3. The van der Waals surface area contributed by atoms with Gasteiger partial charge in [0.2, 0.25) is 6.29 Å². The molecule has 1 aliphatic carbocycles. The number of ether oxygens (including phenoxy) is 3.